The molecule has 6 rings (SSSR count). The third kappa shape index (κ3) is 6.25. The highest BCUT2D eigenvalue weighted by Gasteiger charge is 2.21. The molecule has 0 atom stereocenters. The summed E-state index contributed by atoms with van der Waals surface area (Å²) in [6.07, 6.45) is 2.38. The van der Waals surface area contributed by atoms with Gasteiger partial charge in [-0.3, -0.25) is 0 Å². The zero-order valence-electron chi connectivity index (χ0n) is 24.2. The maximum absolute atomic E-state index is 11.5. The van der Waals surface area contributed by atoms with Crippen molar-refractivity contribution in [2.45, 2.75) is 32.6 Å². The maximum atomic E-state index is 11.5. The van der Waals surface area contributed by atoms with Crippen LogP contribution < -0.4 is 14.2 Å². The van der Waals surface area contributed by atoms with Gasteiger partial charge in [0, 0.05) is 25.7 Å². The SMILES string of the molecule is CCOc1c2cccc1Cc1cccc3c1OCCOCCOCCOc1c(cccc1C2)Cc1cccc(c1O)C3. The van der Waals surface area contributed by atoms with Crippen LogP contribution in [0, 0.1) is 0 Å². The van der Waals surface area contributed by atoms with E-state index in [1.54, 1.807) is 0 Å². The van der Waals surface area contributed by atoms with Gasteiger partial charge in [-0.15, -0.1) is 0 Å². The second-order valence-electron chi connectivity index (χ2n) is 10.7. The van der Waals surface area contributed by atoms with E-state index in [2.05, 4.69) is 54.6 Å². The Morgan fingerprint density at radius 1 is 0.524 bits per heavy atom. The van der Waals surface area contributed by atoms with Crippen molar-refractivity contribution in [2.24, 2.45) is 0 Å². The third-order valence-corrected chi connectivity index (χ3v) is 7.87. The van der Waals surface area contributed by atoms with Gasteiger partial charge in [0.05, 0.1) is 33.0 Å². The van der Waals surface area contributed by atoms with E-state index in [0.29, 0.717) is 77.7 Å². The highest BCUT2D eigenvalue weighted by atomic mass is 16.6. The lowest BCUT2D eigenvalue weighted by Crippen LogP contribution is -2.14. The van der Waals surface area contributed by atoms with Crippen LogP contribution in [0.4, 0.5) is 0 Å². The number of ether oxygens (including phenoxy) is 5. The smallest absolute Gasteiger partial charge is 0.126 e. The molecular weight excluding hydrogens is 528 g/mol. The van der Waals surface area contributed by atoms with Crippen molar-refractivity contribution < 1.29 is 28.8 Å². The van der Waals surface area contributed by atoms with Crippen molar-refractivity contribution in [1.82, 2.24) is 0 Å². The minimum absolute atomic E-state index is 0.311. The van der Waals surface area contributed by atoms with Gasteiger partial charge in [-0.05, 0) is 51.4 Å². The number of rotatable bonds is 2. The lowest BCUT2D eigenvalue weighted by atomic mass is 9.91. The van der Waals surface area contributed by atoms with Gasteiger partial charge < -0.3 is 28.8 Å². The van der Waals surface area contributed by atoms with E-state index < -0.39 is 0 Å². The molecule has 0 spiro atoms. The average molecular weight is 567 g/mol. The fourth-order valence-corrected chi connectivity index (χ4v) is 5.93. The normalized spacial score (nSPS) is 15.6. The van der Waals surface area contributed by atoms with E-state index in [4.69, 9.17) is 23.7 Å². The van der Waals surface area contributed by atoms with Gasteiger partial charge >= 0.3 is 0 Å². The summed E-state index contributed by atoms with van der Waals surface area (Å²) < 4.78 is 30.9. The van der Waals surface area contributed by atoms with Crippen LogP contribution in [0.3, 0.4) is 0 Å². The van der Waals surface area contributed by atoms with Gasteiger partial charge in [-0.2, -0.15) is 0 Å². The summed E-state index contributed by atoms with van der Waals surface area (Å²) in [6.45, 7) is 5.29. The monoisotopic (exact) mass is 566 g/mol. The molecule has 218 valence electrons. The van der Waals surface area contributed by atoms with Crippen molar-refractivity contribution in [1.29, 1.82) is 0 Å². The molecule has 6 heteroatoms. The number of para-hydroxylation sites is 4. The molecule has 4 aromatic rings. The Morgan fingerprint density at radius 2 is 0.881 bits per heavy atom. The predicted octanol–water partition coefficient (Wildman–Crippen LogP) is 6.27. The van der Waals surface area contributed by atoms with Crippen LogP contribution in [0.25, 0.3) is 0 Å². The summed E-state index contributed by atoms with van der Waals surface area (Å²) in [5.74, 6) is 2.89. The molecule has 6 nitrogen and oxygen atoms in total. The molecule has 42 heavy (non-hydrogen) atoms. The van der Waals surface area contributed by atoms with Gasteiger partial charge in [-0.1, -0.05) is 72.8 Å². The first-order valence-electron chi connectivity index (χ1n) is 14.9. The van der Waals surface area contributed by atoms with Crippen LogP contribution in [0.15, 0.2) is 72.8 Å². The molecule has 1 N–H and O–H groups in total. The van der Waals surface area contributed by atoms with Gasteiger partial charge in [0.1, 0.15) is 36.2 Å². The number of phenolic OH excluding ortho intramolecular Hbond substituents is 1. The highest BCUT2D eigenvalue weighted by Crippen LogP contribution is 2.38. The van der Waals surface area contributed by atoms with E-state index in [1.165, 1.54) is 0 Å². The predicted molar refractivity (Wildman–Crippen MR) is 162 cm³/mol. The first-order valence-corrected chi connectivity index (χ1v) is 14.9. The van der Waals surface area contributed by atoms with Crippen LogP contribution >= 0.6 is 0 Å². The molecule has 1 heterocycles. The van der Waals surface area contributed by atoms with Crippen LogP contribution in [0.1, 0.15) is 51.4 Å². The molecule has 0 unspecified atom stereocenters. The van der Waals surface area contributed by atoms with Gasteiger partial charge in [0.25, 0.3) is 0 Å². The van der Waals surface area contributed by atoms with Crippen LogP contribution in [0.5, 0.6) is 23.0 Å². The van der Waals surface area contributed by atoms with E-state index in [-0.39, 0.29) is 0 Å². The van der Waals surface area contributed by atoms with Gasteiger partial charge in [-0.25, -0.2) is 0 Å². The zero-order valence-corrected chi connectivity index (χ0v) is 24.2. The molecule has 0 saturated carbocycles. The van der Waals surface area contributed by atoms with Crippen molar-refractivity contribution in [3.8, 4) is 23.0 Å². The Morgan fingerprint density at radius 3 is 1.31 bits per heavy atom. The molecule has 4 aromatic carbocycles. The number of fused-ring (bicyclic) bond motifs is 2. The Labute approximate surface area is 247 Å². The number of hydrogen-bond acceptors (Lipinski definition) is 6. The van der Waals surface area contributed by atoms with Crippen molar-refractivity contribution in [2.75, 3.05) is 46.2 Å². The third-order valence-electron chi connectivity index (χ3n) is 7.87. The van der Waals surface area contributed by atoms with E-state index >= 15 is 0 Å². The number of phenols is 1. The zero-order chi connectivity index (χ0) is 28.7. The lowest BCUT2D eigenvalue weighted by molar-refractivity contribution is 0.0271. The van der Waals surface area contributed by atoms with E-state index in [0.717, 1.165) is 61.8 Å². The topological polar surface area (TPSA) is 66.4 Å². The summed E-state index contributed by atoms with van der Waals surface area (Å²) in [5, 5.41) is 11.5. The summed E-state index contributed by atoms with van der Waals surface area (Å²) in [7, 11) is 0. The van der Waals surface area contributed by atoms with Crippen molar-refractivity contribution in [3.05, 3.63) is 117 Å². The first-order chi connectivity index (χ1) is 20.7. The van der Waals surface area contributed by atoms with E-state index in [9.17, 15) is 5.11 Å². The maximum Gasteiger partial charge on any atom is 0.126 e. The Balaban J connectivity index is 1.57. The minimum atomic E-state index is 0.311. The molecule has 0 fully saturated rings. The summed E-state index contributed by atoms with van der Waals surface area (Å²) in [6, 6.07) is 24.9. The fourth-order valence-electron chi connectivity index (χ4n) is 5.93. The molecular formula is C36H38O6. The fraction of sp³-hybridized carbons (Fsp3) is 0.333. The molecule has 0 radical (unpaired) electrons. The van der Waals surface area contributed by atoms with Crippen molar-refractivity contribution in [3.63, 3.8) is 0 Å². The summed E-state index contributed by atoms with van der Waals surface area (Å²) in [4.78, 5) is 0. The standard InChI is InChI=1S/C36H38O6/c1-2-40-34-29-11-6-12-30(34)24-32-14-5-10-28-22-26-8-3-7-25(33(26)37)21-27-9-4-13-31(23-29)35(27)41-19-17-38-15-16-39-18-20-42-36(28)32/h3-14,37H,2,15-24H2,1H3. The molecule has 1 aliphatic carbocycles. The Hall–Kier alpha value is -4.00. The molecule has 0 aromatic heterocycles. The lowest BCUT2D eigenvalue weighted by Gasteiger charge is -2.21. The number of aromatic hydroxyl groups is 1. The van der Waals surface area contributed by atoms with E-state index in [1.807, 2.05) is 25.1 Å². The Bertz CT molecular complexity index is 1420. The van der Waals surface area contributed by atoms with Crippen LogP contribution in [0.2, 0.25) is 0 Å². The quantitative estimate of drug-likeness (QED) is 0.272. The van der Waals surface area contributed by atoms with Crippen molar-refractivity contribution >= 4 is 0 Å². The molecule has 1 aliphatic heterocycles. The van der Waals surface area contributed by atoms with Gasteiger partial charge in [0.2, 0.25) is 0 Å². The Kier molecular flexibility index (Phi) is 8.92. The molecule has 10 bridgehead atoms. The summed E-state index contributed by atoms with van der Waals surface area (Å²) >= 11 is 0. The number of hydrogen-bond donors (Lipinski definition) is 1. The summed E-state index contributed by atoms with van der Waals surface area (Å²) in [5.41, 5.74) is 8.12. The largest absolute Gasteiger partial charge is 0.507 e. The second-order valence-corrected chi connectivity index (χ2v) is 10.7. The molecule has 0 saturated heterocycles. The first kappa shape index (κ1) is 28.1. The molecule has 0 amide bonds. The average Bonchev–Trinajstić information content (AvgIpc) is 2.99. The highest BCUT2D eigenvalue weighted by molar-refractivity contribution is 5.55. The molecule has 2 aliphatic rings. The van der Waals surface area contributed by atoms with Crippen LogP contribution in [-0.2, 0) is 35.2 Å². The van der Waals surface area contributed by atoms with Crippen LogP contribution in [-0.4, -0.2) is 51.4 Å². The van der Waals surface area contributed by atoms with Gasteiger partial charge in [0.15, 0.2) is 0 Å². The minimum Gasteiger partial charge on any atom is -0.507 e. The second kappa shape index (κ2) is 13.3. The number of benzene rings is 4.